The number of allylic oxidation sites excluding steroid dienone is 14. The summed E-state index contributed by atoms with van der Waals surface area (Å²) >= 11 is 0. The summed E-state index contributed by atoms with van der Waals surface area (Å²) in [5.41, 5.74) is 0. The SMILES string of the molecule is CC/C=C\C/C=C\C/C=C\C/C=C\C/C=C\CCCCCCCCCCCCCCCCCCCCCC(=O)OCC(COC(=O)CCCCCCCCC)OC(=O)CCCCCCC/C=C\C/C=C\CCCCC. The number of carbonyl (C=O) groups is 3. The van der Waals surface area contributed by atoms with Crippen LogP contribution in [0.4, 0.5) is 0 Å². The molecule has 0 aromatic heterocycles. The highest BCUT2D eigenvalue weighted by Gasteiger charge is 2.19. The summed E-state index contributed by atoms with van der Waals surface area (Å²) in [5, 5.41) is 0. The predicted octanol–water partition coefficient (Wildman–Crippen LogP) is 21.9. The topological polar surface area (TPSA) is 78.9 Å². The normalized spacial score (nSPS) is 12.6. The zero-order chi connectivity index (χ0) is 54.3. The zero-order valence-electron chi connectivity index (χ0n) is 49.6. The van der Waals surface area contributed by atoms with Crippen molar-refractivity contribution in [3.05, 3.63) is 85.1 Å². The Morgan fingerprint density at radius 3 is 0.840 bits per heavy atom. The van der Waals surface area contributed by atoms with Crippen molar-refractivity contribution in [2.24, 2.45) is 0 Å². The van der Waals surface area contributed by atoms with Crippen molar-refractivity contribution in [3.8, 4) is 0 Å². The van der Waals surface area contributed by atoms with E-state index in [1.54, 1.807) is 0 Å². The third-order valence-corrected chi connectivity index (χ3v) is 13.9. The number of esters is 3. The fourth-order valence-electron chi connectivity index (χ4n) is 9.09. The minimum Gasteiger partial charge on any atom is -0.462 e. The number of hydrogen-bond acceptors (Lipinski definition) is 6. The van der Waals surface area contributed by atoms with Crippen LogP contribution in [-0.2, 0) is 28.6 Å². The Morgan fingerprint density at radius 1 is 0.280 bits per heavy atom. The van der Waals surface area contributed by atoms with Crippen LogP contribution >= 0.6 is 0 Å². The molecule has 6 nitrogen and oxygen atoms in total. The molecular formula is C69H120O6. The standard InChI is InChI=1S/C69H120O6/c1-4-7-10-13-16-18-20-22-24-25-26-27-28-29-30-31-32-33-34-35-36-37-38-39-40-41-42-43-45-46-48-50-53-56-59-62-68(71)74-65-66(64-73-67(70)61-58-55-52-15-12-9-6-3)75-69(72)63-60-57-54-51-49-47-44-23-21-19-17-14-11-8-5-2/h7,10,16-19,22-24,26-27,29-30,44,66H,4-6,8-9,11-15,20-21,25,28,31-43,45-65H2,1-3H3/b10-7-,18-16-,19-17-,24-22-,27-26-,30-29-,44-23-. The van der Waals surface area contributed by atoms with Gasteiger partial charge in [-0.2, -0.15) is 0 Å². The summed E-state index contributed by atoms with van der Waals surface area (Å²) < 4.78 is 16.8. The van der Waals surface area contributed by atoms with Crippen LogP contribution in [-0.4, -0.2) is 37.2 Å². The van der Waals surface area contributed by atoms with Gasteiger partial charge >= 0.3 is 17.9 Å². The Balaban J connectivity index is 3.98. The van der Waals surface area contributed by atoms with E-state index in [4.69, 9.17) is 14.2 Å². The molecule has 0 spiro atoms. The van der Waals surface area contributed by atoms with E-state index >= 15 is 0 Å². The zero-order valence-corrected chi connectivity index (χ0v) is 49.6. The lowest BCUT2D eigenvalue weighted by atomic mass is 10.0. The first-order valence-corrected chi connectivity index (χ1v) is 32.1. The second-order valence-corrected chi connectivity index (χ2v) is 21.3. The fourth-order valence-corrected chi connectivity index (χ4v) is 9.09. The Labute approximate surface area is 465 Å². The summed E-state index contributed by atoms with van der Waals surface area (Å²) in [6.45, 7) is 6.47. The quantitative estimate of drug-likeness (QED) is 0.0261. The maximum Gasteiger partial charge on any atom is 0.306 e. The van der Waals surface area contributed by atoms with E-state index in [1.165, 1.54) is 161 Å². The number of rotatable bonds is 58. The van der Waals surface area contributed by atoms with E-state index < -0.39 is 6.10 Å². The van der Waals surface area contributed by atoms with E-state index in [0.717, 1.165) is 116 Å². The van der Waals surface area contributed by atoms with Crippen molar-refractivity contribution < 1.29 is 28.6 Å². The highest BCUT2D eigenvalue weighted by molar-refractivity contribution is 5.71. The Hall–Kier alpha value is -3.41. The van der Waals surface area contributed by atoms with E-state index in [2.05, 4.69) is 106 Å². The monoisotopic (exact) mass is 1040 g/mol. The number of ether oxygens (including phenoxy) is 3. The predicted molar refractivity (Wildman–Crippen MR) is 325 cm³/mol. The summed E-state index contributed by atoms with van der Waals surface area (Å²) in [6.07, 6.45) is 83.5. The fraction of sp³-hybridized carbons (Fsp3) is 0.754. The third-order valence-electron chi connectivity index (χ3n) is 13.9. The Bertz CT molecular complexity index is 1430. The van der Waals surface area contributed by atoms with Gasteiger partial charge < -0.3 is 14.2 Å². The van der Waals surface area contributed by atoms with E-state index in [1.807, 2.05) is 0 Å². The highest BCUT2D eigenvalue weighted by Crippen LogP contribution is 2.17. The molecular weight excluding hydrogens is 925 g/mol. The molecule has 6 heteroatoms. The van der Waals surface area contributed by atoms with Crippen LogP contribution in [0.3, 0.4) is 0 Å². The largest absolute Gasteiger partial charge is 0.462 e. The van der Waals surface area contributed by atoms with E-state index in [0.29, 0.717) is 19.3 Å². The maximum atomic E-state index is 12.8. The van der Waals surface area contributed by atoms with E-state index in [-0.39, 0.29) is 31.1 Å². The van der Waals surface area contributed by atoms with Crippen molar-refractivity contribution in [2.75, 3.05) is 13.2 Å². The second-order valence-electron chi connectivity index (χ2n) is 21.3. The lowest BCUT2D eigenvalue weighted by Gasteiger charge is -2.18. The van der Waals surface area contributed by atoms with Crippen molar-refractivity contribution >= 4 is 17.9 Å². The van der Waals surface area contributed by atoms with Crippen LogP contribution < -0.4 is 0 Å². The van der Waals surface area contributed by atoms with Gasteiger partial charge in [-0.05, 0) is 96.3 Å². The molecule has 0 bridgehead atoms. The van der Waals surface area contributed by atoms with Crippen molar-refractivity contribution in [2.45, 2.75) is 322 Å². The summed E-state index contributed by atoms with van der Waals surface area (Å²) in [5.74, 6) is -0.887. The molecule has 0 radical (unpaired) electrons. The number of unbranched alkanes of at least 4 members (excludes halogenated alkanes) is 33. The smallest absolute Gasteiger partial charge is 0.306 e. The van der Waals surface area contributed by atoms with Gasteiger partial charge in [-0.3, -0.25) is 14.4 Å². The Kier molecular flexibility index (Phi) is 60.3. The first kappa shape index (κ1) is 71.6. The van der Waals surface area contributed by atoms with Crippen molar-refractivity contribution in [1.82, 2.24) is 0 Å². The van der Waals surface area contributed by atoms with Crippen molar-refractivity contribution in [3.63, 3.8) is 0 Å². The molecule has 0 aliphatic heterocycles. The van der Waals surface area contributed by atoms with Gasteiger partial charge in [0.05, 0.1) is 0 Å². The average Bonchev–Trinajstić information content (AvgIpc) is 3.41. The lowest BCUT2D eigenvalue weighted by Crippen LogP contribution is -2.30. The highest BCUT2D eigenvalue weighted by atomic mass is 16.6. The van der Waals surface area contributed by atoms with Gasteiger partial charge in [-0.25, -0.2) is 0 Å². The van der Waals surface area contributed by atoms with E-state index in [9.17, 15) is 14.4 Å². The second kappa shape index (κ2) is 63.1. The van der Waals surface area contributed by atoms with Crippen LogP contribution in [0.2, 0.25) is 0 Å². The molecule has 1 unspecified atom stereocenters. The molecule has 0 aliphatic carbocycles. The molecule has 1 atom stereocenters. The molecule has 0 aliphatic rings. The first-order valence-electron chi connectivity index (χ1n) is 32.1. The molecule has 75 heavy (non-hydrogen) atoms. The van der Waals surface area contributed by atoms with Gasteiger partial charge in [-0.1, -0.05) is 286 Å². The number of hydrogen-bond donors (Lipinski definition) is 0. The first-order chi connectivity index (χ1) is 37.0. The minimum atomic E-state index is -0.778. The van der Waals surface area contributed by atoms with Crippen molar-refractivity contribution in [1.29, 1.82) is 0 Å². The Morgan fingerprint density at radius 2 is 0.520 bits per heavy atom. The van der Waals surface area contributed by atoms with Crippen LogP contribution in [0, 0.1) is 0 Å². The van der Waals surface area contributed by atoms with Crippen LogP contribution in [0.25, 0.3) is 0 Å². The molecule has 0 saturated carbocycles. The third kappa shape index (κ3) is 61.3. The van der Waals surface area contributed by atoms with Gasteiger partial charge in [0.1, 0.15) is 13.2 Å². The molecule has 0 aromatic rings. The van der Waals surface area contributed by atoms with Crippen LogP contribution in [0.1, 0.15) is 316 Å². The summed E-state index contributed by atoms with van der Waals surface area (Å²) in [7, 11) is 0. The average molecular weight is 1050 g/mol. The molecule has 0 heterocycles. The summed E-state index contributed by atoms with van der Waals surface area (Å²) in [6, 6.07) is 0. The molecule has 0 amide bonds. The van der Waals surface area contributed by atoms with Crippen LogP contribution in [0.15, 0.2) is 85.1 Å². The molecule has 0 rings (SSSR count). The minimum absolute atomic E-state index is 0.0776. The van der Waals surface area contributed by atoms with Gasteiger partial charge in [0.15, 0.2) is 6.10 Å². The maximum absolute atomic E-state index is 12.8. The van der Waals surface area contributed by atoms with Gasteiger partial charge in [-0.15, -0.1) is 0 Å². The van der Waals surface area contributed by atoms with Gasteiger partial charge in [0.25, 0.3) is 0 Å². The molecule has 0 fully saturated rings. The lowest BCUT2D eigenvalue weighted by molar-refractivity contribution is -0.167. The molecule has 0 saturated heterocycles. The number of carbonyl (C=O) groups excluding carboxylic acids is 3. The molecule has 432 valence electrons. The summed E-state index contributed by atoms with van der Waals surface area (Å²) in [4.78, 5) is 38.0. The molecule has 0 aromatic carbocycles. The van der Waals surface area contributed by atoms with Crippen LogP contribution in [0.5, 0.6) is 0 Å². The molecule has 0 N–H and O–H groups in total. The van der Waals surface area contributed by atoms with Gasteiger partial charge in [0.2, 0.25) is 0 Å². The van der Waals surface area contributed by atoms with Gasteiger partial charge in [0, 0.05) is 19.3 Å².